The molecule has 0 aliphatic carbocycles. The van der Waals surface area contributed by atoms with Gasteiger partial charge in [0.25, 0.3) is 10.0 Å². The van der Waals surface area contributed by atoms with Gasteiger partial charge in [-0.05, 0) is 63.2 Å². The molecule has 144 valence electrons. The lowest BCUT2D eigenvalue weighted by Gasteiger charge is -2.27. The third kappa shape index (κ3) is 3.75. The average molecular weight is 392 g/mol. The molecular formula is C19H21FN2O4S. The summed E-state index contributed by atoms with van der Waals surface area (Å²) >= 11 is 0. The summed E-state index contributed by atoms with van der Waals surface area (Å²) < 4.78 is 46.3. The van der Waals surface area contributed by atoms with Gasteiger partial charge in [0.05, 0.1) is 21.7 Å². The Bertz CT molecular complexity index is 972. The van der Waals surface area contributed by atoms with Crippen LogP contribution in [0, 0.1) is 11.2 Å². The molecule has 0 spiro atoms. The number of anilines is 2. The van der Waals surface area contributed by atoms with Gasteiger partial charge in [-0.1, -0.05) is 0 Å². The molecular weight excluding hydrogens is 371 g/mol. The number of hydrogen-bond acceptors (Lipinski definition) is 4. The van der Waals surface area contributed by atoms with E-state index in [1.165, 1.54) is 12.1 Å². The van der Waals surface area contributed by atoms with Gasteiger partial charge in [0.15, 0.2) is 0 Å². The summed E-state index contributed by atoms with van der Waals surface area (Å²) in [7, 11) is -3.89. The van der Waals surface area contributed by atoms with Crippen LogP contribution in [0.1, 0.15) is 20.8 Å². The minimum atomic E-state index is -3.89. The van der Waals surface area contributed by atoms with Crippen LogP contribution in [0.5, 0.6) is 5.75 Å². The molecule has 0 fully saturated rings. The van der Waals surface area contributed by atoms with Crippen molar-refractivity contribution in [2.24, 2.45) is 5.41 Å². The van der Waals surface area contributed by atoms with Gasteiger partial charge in [-0.15, -0.1) is 0 Å². The van der Waals surface area contributed by atoms with Crippen LogP contribution >= 0.6 is 0 Å². The van der Waals surface area contributed by atoms with E-state index in [9.17, 15) is 17.6 Å². The van der Waals surface area contributed by atoms with E-state index in [1.807, 2.05) is 20.8 Å². The highest BCUT2D eigenvalue weighted by Crippen LogP contribution is 2.38. The standard InChI is InChI=1S/C19H21FN2O4S/c1-4-22-16-11-14(7-10-17(16)26-12-19(2,3)18(22)23)21-27(24,25)15-8-5-13(20)6-9-15/h5-11,21H,4,12H2,1-3H3. The number of rotatable bonds is 4. The van der Waals surface area contributed by atoms with Gasteiger partial charge in [0.1, 0.15) is 18.2 Å². The highest BCUT2D eigenvalue weighted by Gasteiger charge is 2.37. The van der Waals surface area contributed by atoms with Gasteiger partial charge in [-0.2, -0.15) is 0 Å². The monoisotopic (exact) mass is 392 g/mol. The van der Waals surface area contributed by atoms with Crippen LogP contribution in [0.15, 0.2) is 47.4 Å². The molecule has 1 amide bonds. The first kappa shape index (κ1) is 19.2. The van der Waals surface area contributed by atoms with E-state index in [-0.39, 0.29) is 23.1 Å². The molecule has 0 saturated heterocycles. The van der Waals surface area contributed by atoms with E-state index >= 15 is 0 Å². The Morgan fingerprint density at radius 3 is 2.48 bits per heavy atom. The molecule has 2 aromatic rings. The first-order valence-electron chi connectivity index (χ1n) is 8.51. The van der Waals surface area contributed by atoms with Gasteiger partial charge in [0, 0.05) is 6.54 Å². The van der Waals surface area contributed by atoms with Crippen LogP contribution in [0.3, 0.4) is 0 Å². The fourth-order valence-corrected chi connectivity index (χ4v) is 3.90. The number of halogens is 1. The van der Waals surface area contributed by atoms with Crippen LogP contribution in [0.4, 0.5) is 15.8 Å². The molecule has 0 saturated carbocycles. The Morgan fingerprint density at radius 2 is 1.85 bits per heavy atom. The van der Waals surface area contributed by atoms with Crippen molar-refractivity contribution in [3.63, 3.8) is 0 Å². The van der Waals surface area contributed by atoms with Crippen LogP contribution in [0.2, 0.25) is 0 Å². The minimum absolute atomic E-state index is 0.0559. The summed E-state index contributed by atoms with van der Waals surface area (Å²) in [6.07, 6.45) is 0. The minimum Gasteiger partial charge on any atom is -0.490 e. The molecule has 0 bridgehead atoms. The molecule has 8 heteroatoms. The Morgan fingerprint density at radius 1 is 1.19 bits per heavy atom. The van der Waals surface area contributed by atoms with Crippen LogP contribution in [-0.4, -0.2) is 27.5 Å². The predicted octanol–water partition coefficient (Wildman–Crippen LogP) is 3.40. The first-order valence-corrected chi connectivity index (χ1v) is 9.99. The third-order valence-corrected chi connectivity index (χ3v) is 5.75. The van der Waals surface area contributed by atoms with Gasteiger partial charge < -0.3 is 9.64 Å². The van der Waals surface area contributed by atoms with Crippen molar-refractivity contribution in [1.82, 2.24) is 0 Å². The normalized spacial score (nSPS) is 16.3. The van der Waals surface area contributed by atoms with Crippen molar-refractivity contribution in [2.45, 2.75) is 25.7 Å². The molecule has 2 aromatic carbocycles. The molecule has 0 aromatic heterocycles. The van der Waals surface area contributed by atoms with E-state index in [0.717, 1.165) is 12.1 Å². The van der Waals surface area contributed by atoms with Gasteiger partial charge in [-0.25, -0.2) is 12.8 Å². The highest BCUT2D eigenvalue weighted by molar-refractivity contribution is 7.92. The summed E-state index contributed by atoms with van der Waals surface area (Å²) in [5.41, 5.74) is 0.100. The number of sulfonamides is 1. The predicted molar refractivity (Wildman–Crippen MR) is 101 cm³/mol. The SMILES string of the molecule is CCN1C(=O)C(C)(C)COc2ccc(NS(=O)(=O)c3ccc(F)cc3)cc21. The maximum Gasteiger partial charge on any atom is 0.261 e. The number of ether oxygens (including phenoxy) is 1. The third-order valence-electron chi connectivity index (χ3n) is 4.35. The molecule has 1 aliphatic heterocycles. The van der Waals surface area contributed by atoms with E-state index in [2.05, 4.69) is 4.72 Å². The zero-order valence-corrected chi connectivity index (χ0v) is 16.1. The molecule has 1 aliphatic rings. The maximum absolute atomic E-state index is 13.0. The molecule has 6 nitrogen and oxygen atoms in total. The molecule has 3 rings (SSSR count). The van der Waals surface area contributed by atoms with Crippen molar-refractivity contribution >= 4 is 27.3 Å². The van der Waals surface area contributed by atoms with E-state index in [1.54, 1.807) is 23.1 Å². The fourth-order valence-electron chi connectivity index (χ4n) is 2.85. The van der Waals surface area contributed by atoms with Crippen molar-refractivity contribution in [1.29, 1.82) is 0 Å². The Hall–Kier alpha value is -2.61. The zero-order chi connectivity index (χ0) is 19.8. The number of nitrogens with one attached hydrogen (secondary N) is 1. The summed E-state index contributed by atoms with van der Waals surface area (Å²) in [5, 5.41) is 0. The number of nitrogens with zero attached hydrogens (tertiary/aromatic N) is 1. The molecule has 0 radical (unpaired) electrons. The zero-order valence-electron chi connectivity index (χ0n) is 15.3. The number of amides is 1. The number of hydrogen-bond donors (Lipinski definition) is 1. The highest BCUT2D eigenvalue weighted by atomic mass is 32.2. The van der Waals surface area contributed by atoms with E-state index in [4.69, 9.17) is 4.74 Å². The van der Waals surface area contributed by atoms with Crippen LogP contribution in [-0.2, 0) is 14.8 Å². The lowest BCUT2D eigenvalue weighted by atomic mass is 9.93. The molecule has 1 heterocycles. The average Bonchev–Trinajstić information content (AvgIpc) is 2.70. The molecule has 0 unspecified atom stereocenters. The lowest BCUT2D eigenvalue weighted by molar-refractivity contribution is -0.127. The number of carbonyl (C=O) groups excluding carboxylic acids is 1. The Balaban J connectivity index is 1.96. The number of fused-ring (bicyclic) bond motifs is 1. The maximum atomic E-state index is 13.0. The van der Waals surface area contributed by atoms with Crippen molar-refractivity contribution in [3.05, 3.63) is 48.3 Å². The molecule has 0 atom stereocenters. The lowest BCUT2D eigenvalue weighted by Crippen LogP contribution is -2.42. The second kappa shape index (κ2) is 6.84. The number of carbonyl (C=O) groups is 1. The topological polar surface area (TPSA) is 75.7 Å². The molecule has 1 N–H and O–H groups in total. The molecule has 27 heavy (non-hydrogen) atoms. The van der Waals surface area contributed by atoms with Gasteiger partial charge >= 0.3 is 0 Å². The fraction of sp³-hybridized carbons (Fsp3) is 0.316. The van der Waals surface area contributed by atoms with Crippen molar-refractivity contribution in [2.75, 3.05) is 22.8 Å². The van der Waals surface area contributed by atoms with Crippen LogP contribution in [0.25, 0.3) is 0 Å². The second-order valence-electron chi connectivity index (χ2n) is 6.96. The Labute approximate surface area is 158 Å². The van der Waals surface area contributed by atoms with Gasteiger partial charge in [0.2, 0.25) is 5.91 Å². The van der Waals surface area contributed by atoms with Crippen molar-refractivity contribution in [3.8, 4) is 5.75 Å². The summed E-state index contributed by atoms with van der Waals surface area (Å²) in [6.45, 7) is 6.12. The largest absolute Gasteiger partial charge is 0.490 e. The van der Waals surface area contributed by atoms with Crippen molar-refractivity contribution < 1.29 is 22.3 Å². The summed E-state index contributed by atoms with van der Waals surface area (Å²) in [4.78, 5) is 14.3. The first-order chi connectivity index (χ1) is 12.6. The van der Waals surface area contributed by atoms with E-state index < -0.39 is 21.3 Å². The van der Waals surface area contributed by atoms with Crippen LogP contribution < -0.4 is 14.4 Å². The summed E-state index contributed by atoms with van der Waals surface area (Å²) in [6, 6.07) is 9.31. The summed E-state index contributed by atoms with van der Waals surface area (Å²) in [5.74, 6) is -0.0985. The number of benzene rings is 2. The van der Waals surface area contributed by atoms with Gasteiger partial charge in [-0.3, -0.25) is 9.52 Å². The Kier molecular flexibility index (Phi) is 4.86. The smallest absolute Gasteiger partial charge is 0.261 e. The van der Waals surface area contributed by atoms with E-state index in [0.29, 0.717) is 18.0 Å². The quantitative estimate of drug-likeness (QED) is 0.865. The second-order valence-corrected chi connectivity index (χ2v) is 8.65.